The third-order valence-electron chi connectivity index (χ3n) is 1.67. The van der Waals surface area contributed by atoms with E-state index in [0.29, 0.717) is 0 Å². The van der Waals surface area contributed by atoms with Gasteiger partial charge in [-0.1, -0.05) is 0 Å². The highest BCUT2D eigenvalue weighted by Crippen LogP contribution is 2.09. The zero-order valence-corrected chi connectivity index (χ0v) is 8.60. The third kappa shape index (κ3) is 4.76. The first-order valence-corrected chi connectivity index (χ1v) is 5.24. The van der Waals surface area contributed by atoms with Crippen LogP contribution in [0.3, 0.4) is 0 Å². The zero-order chi connectivity index (χ0) is 10.3. The first-order valence-electron chi connectivity index (χ1n) is 3.95. The van der Waals surface area contributed by atoms with Crippen molar-refractivity contribution < 1.29 is 9.90 Å². The van der Waals surface area contributed by atoms with Gasteiger partial charge in [0.15, 0.2) is 0 Å². The molecule has 0 aromatic rings. The van der Waals surface area contributed by atoms with Gasteiger partial charge in [0.05, 0.1) is 12.7 Å². The minimum atomic E-state index is -0.289. The first-order chi connectivity index (χ1) is 6.15. The highest BCUT2D eigenvalue weighted by molar-refractivity contribution is 7.99. The third-order valence-corrected chi connectivity index (χ3v) is 2.83. The second kappa shape index (κ2) is 6.75. The molecule has 0 rings (SSSR count). The van der Waals surface area contributed by atoms with Crippen LogP contribution in [0.5, 0.6) is 0 Å². The molecule has 0 saturated heterocycles. The van der Waals surface area contributed by atoms with Crippen LogP contribution in [0.1, 0.15) is 13.3 Å². The summed E-state index contributed by atoms with van der Waals surface area (Å²) >= 11 is 1.49. The Kier molecular flexibility index (Phi) is 6.37. The van der Waals surface area contributed by atoms with E-state index in [4.69, 9.17) is 10.4 Å². The molecule has 13 heavy (non-hydrogen) atoms. The fourth-order valence-electron chi connectivity index (χ4n) is 0.906. The minimum absolute atomic E-state index is 0.0114. The van der Waals surface area contributed by atoms with Crippen molar-refractivity contribution in [1.29, 1.82) is 5.26 Å². The lowest BCUT2D eigenvalue weighted by molar-refractivity contribution is -0.120. The van der Waals surface area contributed by atoms with Crippen molar-refractivity contribution in [1.82, 2.24) is 5.32 Å². The number of thioether (sulfide) groups is 1. The van der Waals surface area contributed by atoms with E-state index in [1.165, 1.54) is 11.8 Å². The van der Waals surface area contributed by atoms with Crippen LogP contribution in [0.25, 0.3) is 0 Å². The number of hydrogen-bond acceptors (Lipinski definition) is 4. The molecule has 0 saturated carbocycles. The molecule has 0 fully saturated rings. The molecule has 0 bridgehead atoms. The molecule has 74 valence electrons. The van der Waals surface area contributed by atoms with Crippen LogP contribution in [0, 0.1) is 11.3 Å². The fraction of sp³-hybridized carbons (Fsp3) is 0.750. The van der Waals surface area contributed by atoms with Crippen molar-refractivity contribution in [3.8, 4) is 6.07 Å². The first kappa shape index (κ1) is 12.3. The quantitative estimate of drug-likeness (QED) is 0.664. The smallest absolute Gasteiger partial charge is 0.234 e. The maximum atomic E-state index is 11.0. The largest absolute Gasteiger partial charge is 0.395 e. The highest BCUT2D eigenvalue weighted by atomic mass is 32.2. The number of amides is 1. The number of nitrogens with one attached hydrogen (secondary N) is 1. The molecule has 0 aromatic carbocycles. The molecule has 4 nitrogen and oxygen atoms in total. The van der Waals surface area contributed by atoms with Crippen LogP contribution in [0.4, 0.5) is 0 Å². The number of nitriles is 1. The lowest BCUT2D eigenvalue weighted by atomic mass is 10.2. The van der Waals surface area contributed by atoms with Crippen molar-refractivity contribution in [3.63, 3.8) is 0 Å². The number of aliphatic hydroxyl groups excluding tert-OH is 1. The molecule has 2 unspecified atom stereocenters. The molecule has 5 heteroatoms. The minimum Gasteiger partial charge on any atom is -0.395 e. The van der Waals surface area contributed by atoms with Crippen LogP contribution in [0.15, 0.2) is 0 Å². The number of aliphatic hydroxyl groups is 1. The average Bonchev–Trinajstić information content (AvgIpc) is 2.06. The lowest BCUT2D eigenvalue weighted by Crippen LogP contribution is -2.41. The Labute approximate surface area is 82.3 Å². The monoisotopic (exact) mass is 202 g/mol. The molecule has 0 spiro atoms. The van der Waals surface area contributed by atoms with E-state index in [-0.39, 0.29) is 30.2 Å². The summed E-state index contributed by atoms with van der Waals surface area (Å²) in [4.78, 5) is 11.0. The molecular weight excluding hydrogens is 188 g/mol. The highest BCUT2D eigenvalue weighted by Gasteiger charge is 2.16. The average molecular weight is 202 g/mol. The second-order valence-corrected chi connectivity index (χ2v) is 3.72. The van der Waals surface area contributed by atoms with Gasteiger partial charge < -0.3 is 10.4 Å². The molecular formula is C8H14N2O2S. The molecule has 1 amide bonds. The summed E-state index contributed by atoms with van der Waals surface area (Å²) in [6, 6.07) is 1.66. The van der Waals surface area contributed by atoms with E-state index >= 15 is 0 Å². The Balaban J connectivity index is 3.91. The summed E-state index contributed by atoms with van der Waals surface area (Å²) < 4.78 is 0. The number of rotatable bonds is 5. The van der Waals surface area contributed by atoms with Crippen molar-refractivity contribution in [2.45, 2.75) is 24.6 Å². The molecule has 0 radical (unpaired) electrons. The van der Waals surface area contributed by atoms with Crippen LogP contribution >= 0.6 is 11.8 Å². The van der Waals surface area contributed by atoms with Crippen LogP contribution in [0.2, 0.25) is 0 Å². The van der Waals surface area contributed by atoms with Gasteiger partial charge >= 0.3 is 0 Å². The van der Waals surface area contributed by atoms with Crippen LogP contribution in [-0.4, -0.2) is 35.2 Å². The van der Waals surface area contributed by atoms with Gasteiger partial charge in [0.2, 0.25) is 5.91 Å². The second-order valence-electron chi connectivity index (χ2n) is 2.65. The Morgan fingerprint density at radius 1 is 1.77 bits per heavy atom. The summed E-state index contributed by atoms with van der Waals surface area (Å²) in [6.07, 6.45) is 1.74. The van der Waals surface area contributed by atoms with Gasteiger partial charge in [0, 0.05) is 11.3 Å². The van der Waals surface area contributed by atoms with Gasteiger partial charge in [0.25, 0.3) is 0 Å². The van der Waals surface area contributed by atoms with Gasteiger partial charge in [-0.2, -0.15) is 17.0 Å². The van der Waals surface area contributed by atoms with Crippen molar-refractivity contribution >= 4 is 17.7 Å². The van der Waals surface area contributed by atoms with Crippen LogP contribution < -0.4 is 5.32 Å². The van der Waals surface area contributed by atoms with Crippen molar-refractivity contribution in [2.75, 3.05) is 12.9 Å². The van der Waals surface area contributed by atoms with E-state index in [1.54, 1.807) is 6.07 Å². The molecule has 0 heterocycles. The van der Waals surface area contributed by atoms with Gasteiger partial charge in [-0.15, -0.1) is 0 Å². The standard InChI is InChI=1S/C8H14N2O2S/c1-6(7(5-11)13-2)10-8(12)3-4-9/h6-7,11H,3,5H2,1-2H3,(H,10,12). The summed E-state index contributed by atoms with van der Waals surface area (Å²) in [6.45, 7) is 1.84. The summed E-state index contributed by atoms with van der Waals surface area (Å²) in [5, 5.41) is 19.8. The van der Waals surface area contributed by atoms with Gasteiger partial charge in [0.1, 0.15) is 6.42 Å². The Morgan fingerprint density at radius 2 is 2.38 bits per heavy atom. The van der Waals surface area contributed by atoms with E-state index < -0.39 is 0 Å². The Hall–Kier alpha value is -0.730. The molecule has 0 aliphatic heterocycles. The van der Waals surface area contributed by atoms with E-state index in [0.717, 1.165) is 0 Å². The van der Waals surface area contributed by atoms with E-state index in [2.05, 4.69) is 5.32 Å². The van der Waals surface area contributed by atoms with Crippen molar-refractivity contribution in [3.05, 3.63) is 0 Å². The molecule has 0 aliphatic carbocycles. The van der Waals surface area contributed by atoms with Gasteiger partial charge in [-0.25, -0.2) is 0 Å². The number of carbonyl (C=O) groups is 1. The summed E-state index contributed by atoms with van der Waals surface area (Å²) in [7, 11) is 0. The van der Waals surface area contributed by atoms with Crippen LogP contribution in [-0.2, 0) is 4.79 Å². The zero-order valence-electron chi connectivity index (χ0n) is 7.78. The number of carbonyl (C=O) groups excluding carboxylic acids is 1. The Bertz CT molecular complexity index is 199. The number of nitrogens with zero attached hydrogens (tertiary/aromatic N) is 1. The Morgan fingerprint density at radius 3 is 2.77 bits per heavy atom. The topological polar surface area (TPSA) is 73.1 Å². The van der Waals surface area contributed by atoms with E-state index in [9.17, 15) is 4.79 Å². The maximum Gasteiger partial charge on any atom is 0.234 e. The van der Waals surface area contributed by atoms with Gasteiger partial charge in [-0.3, -0.25) is 4.79 Å². The normalized spacial score (nSPS) is 14.3. The van der Waals surface area contributed by atoms with E-state index in [1.807, 2.05) is 13.2 Å². The molecule has 2 atom stereocenters. The van der Waals surface area contributed by atoms with Gasteiger partial charge in [-0.05, 0) is 13.2 Å². The summed E-state index contributed by atoms with van der Waals surface area (Å²) in [5.74, 6) is -0.289. The lowest BCUT2D eigenvalue weighted by Gasteiger charge is -2.20. The van der Waals surface area contributed by atoms with Crippen molar-refractivity contribution in [2.24, 2.45) is 0 Å². The predicted molar refractivity (Wildman–Crippen MR) is 52.2 cm³/mol. The molecule has 2 N–H and O–H groups in total. The fourth-order valence-corrected chi connectivity index (χ4v) is 1.53. The predicted octanol–water partition coefficient (Wildman–Crippen LogP) is 0.129. The molecule has 0 aliphatic rings. The maximum absolute atomic E-state index is 11.0. The summed E-state index contributed by atoms with van der Waals surface area (Å²) in [5.41, 5.74) is 0. The number of hydrogen-bond donors (Lipinski definition) is 2. The SMILES string of the molecule is CSC(CO)C(C)NC(=O)CC#N. The molecule has 0 aromatic heterocycles.